The molecule has 2 aromatic carbocycles. The average Bonchev–Trinajstić information content (AvgIpc) is 3.22. The molecule has 0 aliphatic heterocycles. The number of nitrogens with zero attached hydrogens (tertiary/aromatic N) is 2. The van der Waals surface area contributed by atoms with Gasteiger partial charge in [-0.25, -0.2) is 13.1 Å². The summed E-state index contributed by atoms with van der Waals surface area (Å²) in [5.74, 6) is 0.354. The lowest BCUT2D eigenvalue weighted by Crippen LogP contribution is -2.28. The summed E-state index contributed by atoms with van der Waals surface area (Å²) in [6, 6.07) is 12.1. The molecular formula is C21H24N4O4S2. The highest BCUT2D eigenvalue weighted by Gasteiger charge is 2.25. The van der Waals surface area contributed by atoms with Crippen LogP contribution in [0.25, 0.3) is 0 Å². The number of aryl methyl sites for hydroxylation is 2. The van der Waals surface area contributed by atoms with Crippen molar-refractivity contribution in [1.82, 2.24) is 14.9 Å². The molecule has 0 bridgehead atoms. The number of hydrogen-bond donors (Lipinski definition) is 2. The molecule has 1 amide bonds. The predicted molar refractivity (Wildman–Crippen MR) is 120 cm³/mol. The van der Waals surface area contributed by atoms with Crippen LogP contribution in [0.3, 0.4) is 0 Å². The monoisotopic (exact) mass is 460 g/mol. The lowest BCUT2D eigenvalue weighted by molar-refractivity contribution is 0.102. The molecule has 1 unspecified atom stereocenters. The van der Waals surface area contributed by atoms with E-state index in [1.165, 1.54) is 0 Å². The van der Waals surface area contributed by atoms with Gasteiger partial charge in [-0.15, -0.1) is 10.2 Å². The first-order valence-electron chi connectivity index (χ1n) is 9.62. The molecule has 1 heterocycles. The highest BCUT2D eigenvalue weighted by molar-refractivity contribution is 7.91. The van der Waals surface area contributed by atoms with Crippen molar-refractivity contribution >= 4 is 32.4 Å². The van der Waals surface area contributed by atoms with Crippen LogP contribution >= 0.6 is 11.3 Å². The van der Waals surface area contributed by atoms with Gasteiger partial charge >= 0.3 is 0 Å². The largest absolute Gasteiger partial charge is 0.496 e. The Morgan fingerprint density at radius 1 is 1.13 bits per heavy atom. The van der Waals surface area contributed by atoms with E-state index in [2.05, 4.69) is 20.2 Å². The van der Waals surface area contributed by atoms with Gasteiger partial charge in [0, 0.05) is 11.6 Å². The second-order valence-corrected chi connectivity index (χ2v) is 9.87. The van der Waals surface area contributed by atoms with Gasteiger partial charge < -0.3 is 4.74 Å². The molecule has 0 aliphatic rings. The second-order valence-electron chi connectivity index (χ2n) is 7.00. The molecule has 164 valence electrons. The van der Waals surface area contributed by atoms with Crippen molar-refractivity contribution in [3.8, 4) is 5.75 Å². The molecule has 0 saturated carbocycles. The van der Waals surface area contributed by atoms with E-state index >= 15 is 0 Å². The Hall–Kier alpha value is -2.82. The molecule has 0 fully saturated rings. The first-order valence-corrected chi connectivity index (χ1v) is 11.9. The summed E-state index contributed by atoms with van der Waals surface area (Å²) >= 11 is 0.798. The number of carbonyl (C=O) groups excluding carboxylic acids is 1. The zero-order valence-corrected chi connectivity index (χ0v) is 19.3. The van der Waals surface area contributed by atoms with Crippen molar-refractivity contribution < 1.29 is 17.9 Å². The Bertz CT molecular complexity index is 1170. The maximum atomic E-state index is 12.8. The highest BCUT2D eigenvalue weighted by Crippen LogP contribution is 2.27. The quantitative estimate of drug-likeness (QED) is 0.494. The molecule has 1 aromatic heterocycles. The minimum atomic E-state index is -3.92. The van der Waals surface area contributed by atoms with Gasteiger partial charge in [-0.2, -0.15) is 0 Å². The zero-order valence-electron chi connectivity index (χ0n) is 17.7. The van der Waals surface area contributed by atoms with Gasteiger partial charge in [-0.05, 0) is 49.6 Å². The predicted octanol–water partition coefficient (Wildman–Crippen LogP) is 3.85. The molecule has 8 nitrogen and oxygen atoms in total. The van der Waals surface area contributed by atoms with Gasteiger partial charge in [0.25, 0.3) is 15.9 Å². The van der Waals surface area contributed by atoms with E-state index < -0.39 is 16.1 Å². The Morgan fingerprint density at radius 2 is 1.84 bits per heavy atom. The van der Waals surface area contributed by atoms with Crippen LogP contribution in [-0.4, -0.2) is 31.6 Å². The number of aromatic nitrogens is 2. The third kappa shape index (κ3) is 5.46. The number of rotatable bonds is 8. The number of sulfonamides is 1. The summed E-state index contributed by atoms with van der Waals surface area (Å²) in [6.07, 6.45) is 0.542. The van der Waals surface area contributed by atoms with Crippen LogP contribution in [0.2, 0.25) is 0 Å². The van der Waals surface area contributed by atoms with Crippen LogP contribution in [0.1, 0.15) is 46.4 Å². The van der Waals surface area contributed by atoms with Gasteiger partial charge in [-0.1, -0.05) is 48.1 Å². The number of ether oxygens (including phenoxy) is 1. The van der Waals surface area contributed by atoms with E-state index in [0.29, 0.717) is 12.0 Å². The number of carbonyl (C=O) groups is 1. The summed E-state index contributed by atoms with van der Waals surface area (Å²) in [4.78, 5) is 12.3. The molecule has 0 saturated heterocycles. The topological polar surface area (TPSA) is 110 Å². The third-order valence-corrected chi connectivity index (χ3v) is 7.38. The number of methoxy groups -OCH3 is 1. The lowest BCUT2D eigenvalue weighted by Gasteiger charge is -2.17. The molecule has 0 radical (unpaired) electrons. The SMILES string of the molecule is CCC(NS(=O)(=O)c1nnc(NC(=O)c2ccc(C)cc2)s1)c1ccc(OC)c(C)c1. The summed E-state index contributed by atoms with van der Waals surface area (Å²) in [6.45, 7) is 5.71. The summed E-state index contributed by atoms with van der Waals surface area (Å²) in [5.41, 5.74) is 3.21. The number of amides is 1. The van der Waals surface area contributed by atoms with E-state index in [4.69, 9.17) is 4.74 Å². The van der Waals surface area contributed by atoms with Gasteiger partial charge in [0.1, 0.15) is 5.75 Å². The number of anilines is 1. The van der Waals surface area contributed by atoms with Crippen molar-refractivity contribution in [1.29, 1.82) is 0 Å². The van der Waals surface area contributed by atoms with Gasteiger partial charge in [-0.3, -0.25) is 10.1 Å². The molecule has 31 heavy (non-hydrogen) atoms. The third-order valence-electron chi connectivity index (χ3n) is 4.70. The summed E-state index contributed by atoms with van der Waals surface area (Å²) in [7, 11) is -2.33. The standard InChI is InChI=1S/C21H24N4O4S2/c1-5-17(16-10-11-18(29-4)14(3)12-16)25-31(27,28)21-24-23-20(30-21)22-19(26)15-8-6-13(2)7-9-15/h6-12,17,25H,5H2,1-4H3,(H,22,23,26). The molecule has 3 rings (SSSR count). The Morgan fingerprint density at radius 3 is 2.45 bits per heavy atom. The molecule has 3 aromatic rings. The smallest absolute Gasteiger partial charge is 0.270 e. The van der Waals surface area contributed by atoms with E-state index in [1.54, 1.807) is 19.2 Å². The van der Waals surface area contributed by atoms with Crippen molar-refractivity contribution in [3.05, 3.63) is 64.7 Å². The summed E-state index contributed by atoms with van der Waals surface area (Å²) in [5, 5.41) is 10.3. The zero-order chi connectivity index (χ0) is 22.6. The molecule has 0 aliphatic carbocycles. The molecule has 10 heteroatoms. The Balaban J connectivity index is 1.74. The first-order chi connectivity index (χ1) is 14.7. The van der Waals surface area contributed by atoms with Crippen molar-refractivity contribution in [2.24, 2.45) is 0 Å². The fourth-order valence-electron chi connectivity index (χ4n) is 2.99. The maximum Gasteiger partial charge on any atom is 0.270 e. The van der Waals surface area contributed by atoms with Gasteiger partial charge in [0.2, 0.25) is 9.47 Å². The van der Waals surface area contributed by atoms with Crippen LogP contribution in [0.4, 0.5) is 5.13 Å². The molecule has 1 atom stereocenters. The van der Waals surface area contributed by atoms with Crippen molar-refractivity contribution in [2.75, 3.05) is 12.4 Å². The van der Waals surface area contributed by atoms with Crippen LogP contribution in [0.15, 0.2) is 46.8 Å². The highest BCUT2D eigenvalue weighted by atomic mass is 32.2. The molecular weight excluding hydrogens is 436 g/mol. The average molecular weight is 461 g/mol. The summed E-state index contributed by atoms with van der Waals surface area (Å²) < 4.78 is 33.4. The fourth-order valence-corrected chi connectivity index (χ4v) is 5.21. The lowest BCUT2D eigenvalue weighted by atomic mass is 10.0. The molecule has 0 spiro atoms. The van der Waals surface area contributed by atoms with Crippen LogP contribution in [0, 0.1) is 13.8 Å². The molecule has 2 N–H and O–H groups in total. The minimum absolute atomic E-state index is 0.110. The van der Waals surface area contributed by atoms with E-state index in [0.717, 1.165) is 33.8 Å². The van der Waals surface area contributed by atoms with E-state index in [1.807, 2.05) is 51.1 Å². The number of benzene rings is 2. The number of hydrogen-bond acceptors (Lipinski definition) is 7. The Kier molecular flexibility index (Phi) is 7.04. The van der Waals surface area contributed by atoms with Crippen molar-refractivity contribution in [3.63, 3.8) is 0 Å². The fraction of sp³-hybridized carbons (Fsp3) is 0.286. The van der Waals surface area contributed by atoms with Crippen LogP contribution < -0.4 is 14.8 Å². The van der Waals surface area contributed by atoms with Gasteiger partial charge in [0.05, 0.1) is 7.11 Å². The van der Waals surface area contributed by atoms with Crippen LogP contribution in [0.5, 0.6) is 5.75 Å². The Labute approximate surface area is 185 Å². The number of nitrogens with one attached hydrogen (secondary N) is 2. The van der Waals surface area contributed by atoms with Gasteiger partial charge in [0.15, 0.2) is 0 Å². The van der Waals surface area contributed by atoms with Crippen LogP contribution in [-0.2, 0) is 10.0 Å². The second kappa shape index (κ2) is 9.54. The van der Waals surface area contributed by atoms with E-state index in [9.17, 15) is 13.2 Å². The normalized spacial score (nSPS) is 12.4. The maximum absolute atomic E-state index is 12.8. The first kappa shape index (κ1) is 22.9. The minimum Gasteiger partial charge on any atom is -0.496 e. The van der Waals surface area contributed by atoms with E-state index in [-0.39, 0.29) is 15.4 Å². The van der Waals surface area contributed by atoms with Crippen molar-refractivity contribution in [2.45, 2.75) is 37.6 Å².